The first-order chi connectivity index (χ1) is 19.4. The maximum Gasteiger partial charge on any atom is 0.259 e. The summed E-state index contributed by atoms with van der Waals surface area (Å²) in [5, 5.41) is 5.85. The molecule has 3 aromatic carbocycles. The molecule has 0 aliphatic carbocycles. The lowest BCUT2D eigenvalue weighted by atomic mass is 10.1. The number of rotatable bonds is 9. The quantitative estimate of drug-likeness (QED) is 0.380. The number of benzene rings is 3. The van der Waals surface area contributed by atoms with Crippen LogP contribution in [0.1, 0.15) is 42.9 Å². The summed E-state index contributed by atoms with van der Waals surface area (Å²) in [5.74, 6) is -0.0111. The number of carbonyl (C=O) groups excluding carboxylic acids is 3. The molecule has 0 spiro atoms. The number of aryl methyl sites for hydroxylation is 1. The number of thioether (sulfide) groups is 1. The van der Waals surface area contributed by atoms with Crippen LogP contribution in [0.25, 0.3) is 0 Å². The smallest absolute Gasteiger partial charge is 0.259 e. The van der Waals surface area contributed by atoms with E-state index in [1.807, 2.05) is 92.7 Å². The van der Waals surface area contributed by atoms with E-state index in [2.05, 4.69) is 10.6 Å². The Morgan fingerprint density at radius 1 is 1.02 bits per heavy atom. The molecule has 0 aromatic heterocycles. The molecule has 0 saturated heterocycles. The average molecular weight is 554 g/mol. The Balaban J connectivity index is 1.29. The lowest BCUT2D eigenvalue weighted by molar-refractivity contribution is -0.125. The van der Waals surface area contributed by atoms with Crippen LogP contribution in [0.3, 0.4) is 0 Å². The molecule has 2 atom stereocenters. The zero-order valence-corrected chi connectivity index (χ0v) is 23.3. The Labute approximate surface area is 238 Å². The molecule has 8 nitrogen and oxygen atoms in total. The number of nitrogens with zero attached hydrogens (tertiary/aromatic N) is 3. The van der Waals surface area contributed by atoms with Crippen molar-refractivity contribution in [2.45, 2.75) is 50.9 Å². The predicted octanol–water partition coefficient (Wildman–Crippen LogP) is 5.20. The molecule has 3 amide bonds. The third kappa shape index (κ3) is 6.15. The van der Waals surface area contributed by atoms with E-state index >= 15 is 0 Å². The molecule has 2 heterocycles. The summed E-state index contributed by atoms with van der Waals surface area (Å²) < 4.78 is 0. The highest BCUT2D eigenvalue weighted by molar-refractivity contribution is 8.15. The molecular weight excluding hydrogens is 522 g/mol. The number of amides is 3. The van der Waals surface area contributed by atoms with E-state index in [9.17, 15) is 14.4 Å². The normalized spacial score (nSPS) is 16.4. The molecule has 2 aliphatic rings. The van der Waals surface area contributed by atoms with Crippen molar-refractivity contribution in [3.05, 3.63) is 95.6 Å². The van der Waals surface area contributed by atoms with E-state index in [4.69, 9.17) is 9.98 Å². The van der Waals surface area contributed by atoms with Gasteiger partial charge in [-0.3, -0.25) is 19.4 Å². The number of amidine groups is 2. The van der Waals surface area contributed by atoms with Crippen molar-refractivity contribution < 1.29 is 14.4 Å². The second-order valence-electron chi connectivity index (χ2n) is 9.73. The van der Waals surface area contributed by atoms with Crippen LogP contribution in [0.2, 0.25) is 0 Å². The molecule has 40 heavy (non-hydrogen) atoms. The molecule has 0 saturated carbocycles. The summed E-state index contributed by atoms with van der Waals surface area (Å²) in [5.41, 5.74) is 4.24. The van der Waals surface area contributed by atoms with Crippen LogP contribution in [-0.2, 0) is 20.9 Å². The van der Waals surface area contributed by atoms with Gasteiger partial charge in [-0.2, -0.15) is 0 Å². The maximum absolute atomic E-state index is 13.6. The fourth-order valence-electron chi connectivity index (χ4n) is 4.62. The Morgan fingerprint density at radius 2 is 1.80 bits per heavy atom. The Bertz CT molecular complexity index is 1490. The van der Waals surface area contributed by atoms with E-state index < -0.39 is 11.3 Å². The van der Waals surface area contributed by atoms with Crippen molar-refractivity contribution >= 4 is 51.9 Å². The van der Waals surface area contributed by atoms with E-state index in [0.717, 1.165) is 22.4 Å². The van der Waals surface area contributed by atoms with Gasteiger partial charge < -0.3 is 10.6 Å². The average Bonchev–Trinajstić information content (AvgIpc) is 3.30. The Hall–Kier alpha value is -4.24. The van der Waals surface area contributed by atoms with Crippen molar-refractivity contribution in [3.8, 4) is 0 Å². The van der Waals surface area contributed by atoms with Crippen molar-refractivity contribution in [2.75, 3.05) is 5.32 Å². The van der Waals surface area contributed by atoms with Gasteiger partial charge >= 0.3 is 0 Å². The van der Waals surface area contributed by atoms with E-state index in [1.54, 1.807) is 0 Å². The number of carbonyl (C=O) groups is 3. The third-order valence-corrected chi connectivity index (χ3v) is 8.04. The number of para-hydroxylation sites is 1. The first kappa shape index (κ1) is 27.3. The second kappa shape index (κ2) is 12.3. The van der Waals surface area contributed by atoms with Crippen LogP contribution in [0.4, 0.5) is 11.4 Å². The monoisotopic (exact) mass is 553 g/mol. The Kier molecular flexibility index (Phi) is 8.40. The van der Waals surface area contributed by atoms with Gasteiger partial charge in [0.15, 0.2) is 5.17 Å². The number of fused-ring (bicyclic) bond motifs is 3. The maximum atomic E-state index is 13.6. The molecule has 0 radical (unpaired) electrons. The van der Waals surface area contributed by atoms with Crippen LogP contribution in [-0.4, -0.2) is 44.9 Å². The van der Waals surface area contributed by atoms with E-state index in [1.165, 1.54) is 16.7 Å². The summed E-state index contributed by atoms with van der Waals surface area (Å²) in [6.45, 7) is 4.34. The zero-order chi connectivity index (χ0) is 28.1. The minimum atomic E-state index is -0.698. The van der Waals surface area contributed by atoms with Gasteiger partial charge in [-0.05, 0) is 55.2 Å². The number of anilines is 1. The lowest BCUT2D eigenvalue weighted by Gasteiger charge is -2.27. The highest BCUT2D eigenvalue weighted by Crippen LogP contribution is 2.36. The minimum absolute atomic E-state index is 0.135. The van der Waals surface area contributed by atoms with Gasteiger partial charge in [-0.25, -0.2) is 9.89 Å². The minimum Gasteiger partial charge on any atom is -0.352 e. The molecule has 9 heteroatoms. The van der Waals surface area contributed by atoms with Crippen molar-refractivity contribution in [3.63, 3.8) is 0 Å². The van der Waals surface area contributed by atoms with E-state index in [0.29, 0.717) is 29.7 Å². The summed E-state index contributed by atoms with van der Waals surface area (Å²) >= 11 is 1.26. The fourth-order valence-corrected chi connectivity index (χ4v) is 5.64. The predicted molar refractivity (Wildman–Crippen MR) is 160 cm³/mol. The standard InChI is InChI=1S/C31H31N5O3S/c1-3-26(29(38)33-22-13-9-10-20(2)18-22)40-31-35-24-15-8-7-14-23(24)28-34-25(30(39)36(28)31)16-17-27(37)32-19-21-11-5-4-6-12-21/h4-15,18,25-26H,3,16-17,19H2,1-2H3,(H,32,37)(H,33,38)/t25-,26+/m0/s1. The van der Waals surface area contributed by atoms with Crippen LogP contribution < -0.4 is 10.6 Å². The first-order valence-corrected chi connectivity index (χ1v) is 14.3. The number of hydrogen-bond donors (Lipinski definition) is 2. The summed E-state index contributed by atoms with van der Waals surface area (Å²) in [6, 6.07) is 24.1. The van der Waals surface area contributed by atoms with Gasteiger partial charge in [-0.1, -0.05) is 73.3 Å². The largest absolute Gasteiger partial charge is 0.352 e. The van der Waals surface area contributed by atoms with Gasteiger partial charge in [0, 0.05) is 24.2 Å². The molecule has 204 valence electrons. The van der Waals surface area contributed by atoms with Crippen LogP contribution in [0.15, 0.2) is 88.8 Å². The molecule has 5 rings (SSSR count). The highest BCUT2D eigenvalue weighted by Gasteiger charge is 2.42. The Morgan fingerprint density at radius 3 is 2.58 bits per heavy atom. The van der Waals surface area contributed by atoms with Gasteiger partial charge in [0.05, 0.1) is 10.9 Å². The SMILES string of the molecule is CC[C@@H](SC1=Nc2ccccc2C2=N[C@@H](CCC(=O)NCc3ccccc3)C(=O)N12)C(=O)Nc1cccc(C)c1. The number of aliphatic imine (C=N–C) groups is 2. The second-order valence-corrected chi connectivity index (χ2v) is 10.9. The van der Waals surface area contributed by atoms with Crippen molar-refractivity contribution in [1.29, 1.82) is 0 Å². The first-order valence-electron chi connectivity index (χ1n) is 13.4. The number of nitrogens with one attached hydrogen (secondary N) is 2. The van der Waals surface area contributed by atoms with Gasteiger partial charge in [0.1, 0.15) is 11.9 Å². The summed E-state index contributed by atoms with van der Waals surface area (Å²) in [4.78, 5) is 50.4. The fraction of sp³-hybridized carbons (Fsp3) is 0.258. The highest BCUT2D eigenvalue weighted by atomic mass is 32.2. The molecule has 0 unspecified atom stereocenters. The van der Waals surface area contributed by atoms with Crippen LogP contribution >= 0.6 is 11.8 Å². The third-order valence-electron chi connectivity index (χ3n) is 6.72. The molecule has 0 fully saturated rings. The van der Waals surface area contributed by atoms with Gasteiger partial charge in [0.25, 0.3) is 5.91 Å². The van der Waals surface area contributed by atoms with Gasteiger partial charge in [-0.15, -0.1) is 0 Å². The summed E-state index contributed by atoms with van der Waals surface area (Å²) in [7, 11) is 0. The van der Waals surface area contributed by atoms with Gasteiger partial charge in [0.2, 0.25) is 11.8 Å². The van der Waals surface area contributed by atoms with E-state index in [-0.39, 0.29) is 30.6 Å². The molecule has 2 N–H and O–H groups in total. The van der Waals surface area contributed by atoms with Crippen molar-refractivity contribution in [1.82, 2.24) is 10.2 Å². The van der Waals surface area contributed by atoms with Crippen LogP contribution in [0.5, 0.6) is 0 Å². The van der Waals surface area contributed by atoms with Crippen molar-refractivity contribution in [2.24, 2.45) is 9.98 Å². The zero-order valence-electron chi connectivity index (χ0n) is 22.5. The lowest BCUT2D eigenvalue weighted by Crippen LogP contribution is -2.42. The molecular formula is C31H31N5O3S. The number of hydrogen-bond acceptors (Lipinski definition) is 6. The molecule has 3 aromatic rings. The summed E-state index contributed by atoms with van der Waals surface area (Å²) in [6.07, 6.45) is 0.999. The topological polar surface area (TPSA) is 103 Å². The molecule has 2 aliphatic heterocycles. The molecule has 0 bridgehead atoms. The van der Waals surface area contributed by atoms with Crippen LogP contribution in [0, 0.1) is 6.92 Å².